The van der Waals surface area contributed by atoms with Crippen molar-refractivity contribution in [2.75, 3.05) is 18.5 Å². The third-order valence-electron chi connectivity index (χ3n) is 5.28. The number of carbonyl (C=O) groups is 5. The molecule has 3 aromatic carbocycles. The van der Waals surface area contributed by atoms with E-state index in [1.165, 1.54) is 18.2 Å². The van der Waals surface area contributed by atoms with E-state index in [0.717, 1.165) is 5.56 Å². The maximum Gasteiger partial charge on any atom is 0.325 e. The Bertz CT molecular complexity index is 1330. The molecule has 0 aliphatic heterocycles. The molecule has 4 rings (SSSR count). The third-order valence-corrected chi connectivity index (χ3v) is 5.28. The van der Waals surface area contributed by atoms with E-state index in [0.29, 0.717) is 16.7 Å². The Morgan fingerprint density at radius 1 is 0.794 bits per heavy atom. The van der Waals surface area contributed by atoms with Crippen LogP contribution in [0.2, 0.25) is 0 Å². The largest absolute Gasteiger partial charge is 0.454 e. The predicted octanol–water partition coefficient (Wildman–Crippen LogP) is 2.68. The summed E-state index contributed by atoms with van der Waals surface area (Å²) < 4.78 is 4.89. The Hall–Kier alpha value is -4.59. The minimum absolute atomic E-state index is 0.192. The van der Waals surface area contributed by atoms with E-state index in [-0.39, 0.29) is 28.4 Å². The van der Waals surface area contributed by atoms with Crippen molar-refractivity contribution in [1.82, 2.24) is 5.32 Å². The molecule has 2 amide bonds. The number of esters is 1. The first-order valence-electron chi connectivity index (χ1n) is 10.5. The van der Waals surface area contributed by atoms with Crippen LogP contribution in [-0.4, -0.2) is 42.5 Å². The molecular weight excluding hydrogens is 436 g/mol. The van der Waals surface area contributed by atoms with Crippen molar-refractivity contribution in [2.24, 2.45) is 0 Å². The van der Waals surface area contributed by atoms with Crippen molar-refractivity contribution >= 4 is 35.0 Å². The number of ether oxygens (including phenoxy) is 1. The lowest BCUT2D eigenvalue weighted by Gasteiger charge is -2.18. The Kier molecular flexibility index (Phi) is 6.31. The summed E-state index contributed by atoms with van der Waals surface area (Å²) in [6.45, 7) is 0.922. The number of aryl methyl sites for hydroxylation is 1. The summed E-state index contributed by atoms with van der Waals surface area (Å²) in [5.41, 5.74) is 2.80. The third kappa shape index (κ3) is 4.75. The van der Waals surface area contributed by atoms with Gasteiger partial charge in [-0.1, -0.05) is 42.0 Å². The molecule has 0 heterocycles. The van der Waals surface area contributed by atoms with Crippen LogP contribution in [0.4, 0.5) is 5.69 Å². The Labute approximate surface area is 194 Å². The number of fused-ring (bicyclic) bond motifs is 2. The second-order valence-corrected chi connectivity index (χ2v) is 7.72. The van der Waals surface area contributed by atoms with Gasteiger partial charge >= 0.3 is 5.97 Å². The standard InChI is InChI=1S/C26H20N2O6/c1-15-6-8-16(9-7-15)26(33)27-13-23(30)34-14-22(29)28-17-10-11-20-21(12-17)25(32)19-5-3-2-4-18(19)24(20)31/h2-12H,13-14H2,1H3,(H,27,33)(H,28,29). The fraction of sp³-hybridized carbons (Fsp3) is 0.115. The molecule has 0 spiro atoms. The van der Waals surface area contributed by atoms with Gasteiger partial charge in [0.2, 0.25) is 0 Å². The minimum atomic E-state index is -0.779. The highest BCUT2D eigenvalue weighted by molar-refractivity contribution is 6.28. The zero-order valence-corrected chi connectivity index (χ0v) is 18.2. The highest BCUT2D eigenvalue weighted by Gasteiger charge is 2.29. The van der Waals surface area contributed by atoms with E-state index in [2.05, 4.69) is 10.6 Å². The molecule has 2 N–H and O–H groups in total. The van der Waals surface area contributed by atoms with E-state index >= 15 is 0 Å². The van der Waals surface area contributed by atoms with Crippen LogP contribution in [0.5, 0.6) is 0 Å². The summed E-state index contributed by atoms with van der Waals surface area (Å²) in [6.07, 6.45) is 0. The van der Waals surface area contributed by atoms with E-state index in [1.54, 1.807) is 48.5 Å². The van der Waals surface area contributed by atoms with E-state index in [4.69, 9.17) is 4.74 Å². The first-order valence-corrected chi connectivity index (χ1v) is 10.5. The van der Waals surface area contributed by atoms with Crippen LogP contribution in [0, 0.1) is 6.92 Å². The number of nitrogens with one attached hydrogen (secondary N) is 2. The quantitative estimate of drug-likeness (QED) is 0.431. The first kappa shape index (κ1) is 22.6. The summed E-state index contributed by atoms with van der Waals surface area (Å²) in [5.74, 6) is -2.41. The van der Waals surface area contributed by atoms with Crippen molar-refractivity contribution in [2.45, 2.75) is 6.92 Å². The zero-order valence-electron chi connectivity index (χ0n) is 18.2. The molecule has 1 aliphatic carbocycles. The Morgan fingerprint density at radius 3 is 2.09 bits per heavy atom. The minimum Gasteiger partial charge on any atom is -0.454 e. The van der Waals surface area contributed by atoms with Crippen molar-refractivity contribution in [3.8, 4) is 0 Å². The number of hydrogen-bond donors (Lipinski definition) is 2. The van der Waals surface area contributed by atoms with Crippen LogP contribution in [0.3, 0.4) is 0 Å². The van der Waals surface area contributed by atoms with Gasteiger partial charge in [-0.25, -0.2) is 0 Å². The molecule has 0 aromatic heterocycles. The monoisotopic (exact) mass is 456 g/mol. The highest BCUT2D eigenvalue weighted by Crippen LogP contribution is 2.29. The van der Waals surface area contributed by atoms with Crippen molar-refractivity contribution in [1.29, 1.82) is 0 Å². The van der Waals surface area contributed by atoms with E-state index < -0.39 is 30.9 Å². The molecule has 0 saturated carbocycles. The first-order chi connectivity index (χ1) is 16.3. The molecule has 0 fully saturated rings. The molecule has 0 radical (unpaired) electrons. The topological polar surface area (TPSA) is 119 Å². The van der Waals surface area contributed by atoms with Crippen LogP contribution in [0.25, 0.3) is 0 Å². The SMILES string of the molecule is Cc1ccc(C(=O)NCC(=O)OCC(=O)Nc2ccc3c(c2)C(=O)c2ccccc2C3=O)cc1. The smallest absolute Gasteiger partial charge is 0.325 e. The lowest BCUT2D eigenvalue weighted by molar-refractivity contribution is -0.146. The van der Waals surface area contributed by atoms with Gasteiger partial charge in [0.15, 0.2) is 18.2 Å². The molecule has 170 valence electrons. The summed E-state index contributed by atoms with van der Waals surface area (Å²) >= 11 is 0. The average molecular weight is 456 g/mol. The molecule has 1 aliphatic rings. The van der Waals surface area contributed by atoms with Crippen molar-refractivity contribution in [3.63, 3.8) is 0 Å². The van der Waals surface area contributed by atoms with E-state index in [1.807, 2.05) is 6.92 Å². The molecular formula is C26H20N2O6. The van der Waals surface area contributed by atoms with Gasteiger partial charge in [0.25, 0.3) is 11.8 Å². The average Bonchev–Trinajstić information content (AvgIpc) is 2.85. The van der Waals surface area contributed by atoms with Gasteiger partial charge in [0.1, 0.15) is 6.54 Å². The molecule has 0 unspecified atom stereocenters. The van der Waals surface area contributed by atoms with Crippen molar-refractivity contribution in [3.05, 3.63) is 100 Å². The lowest BCUT2D eigenvalue weighted by atomic mass is 9.84. The van der Waals surface area contributed by atoms with Crippen LogP contribution < -0.4 is 10.6 Å². The number of hydrogen-bond acceptors (Lipinski definition) is 6. The van der Waals surface area contributed by atoms with Crippen LogP contribution in [0.15, 0.2) is 66.7 Å². The molecule has 0 atom stereocenters. The van der Waals surface area contributed by atoms with Crippen LogP contribution in [0.1, 0.15) is 47.8 Å². The van der Waals surface area contributed by atoms with E-state index in [9.17, 15) is 24.0 Å². The lowest BCUT2D eigenvalue weighted by Crippen LogP contribution is -2.32. The van der Waals surface area contributed by atoms with Gasteiger partial charge in [-0.3, -0.25) is 24.0 Å². The normalized spacial score (nSPS) is 11.8. The Morgan fingerprint density at radius 2 is 1.41 bits per heavy atom. The van der Waals surface area contributed by atoms with Crippen LogP contribution >= 0.6 is 0 Å². The summed E-state index contributed by atoms with van der Waals surface area (Å²) in [5, 5.41) is 4.96. The fourth-order valence-corrected chi connectivity index (χ4v) is 3.53. The van der Waals surface area contributed by atoms with Gasteiger partial charge < -0.3 is 15.4 Å². The number of rotatable bonds is 6. The maximum absolute atomic E-state index is 12.8. The number of carbonyl (C=O) groups excluding carboxylic acids is 5. The second kappa shape index (κ2) is 9.50. The molecule has 0 bridgehead atoms. The molecule has 0 saturated heterocycles. The number of amides is 2. The molecule has 34 heavy (non-hydrogen) atoms. The Balaban J connectivity index is 1.31. The predicted molar refractivity (Wildman–Crippen MR) is 123 cm³/mol. The molecule has 8 heteroatoms. The molecule has 8 nitrogen and oxygen atoms in total. The van der Waals surface area contributed by atoms with Gasteiger partial charge in [0.05, 0.1) is 0 Å². The molecule has 3 aromatic rings. The summed E-state index contributed by atoms with van der Waals surface area (Å²) in [4.78, 5) is 61.5. The van der Waals surface area contributed by atoms with Crippen molar-refractivity contribution < 1.29 is 28.7 Å². The number of ketones is 2. The van der Waals surface area contributed by atoms with Gasteiger partial charge in [-0.2, -0.15) is 0 Å². The number of anilines is 1. The summed E-state index contributed by atoms with van der Waals surface area (Å²) in [7, 11) is 0. The zero-order chi connectivity index (χ0) is 24.2. The highest BCUT2D eigenvalue weighted by atomic mass is 16.5. The maximum atomic E-state index is 12.8. The summed E-state index contributed by atoms with van der Waals surface area (Å²) in [6, 6.07) is 17.8. The van der Waals surface area contributed by atoms with Gasteiger partial charge in [-0.15, -0.1) is 0 Å². The van der Waals surface area contributed by atoms with Gasteiger partial charge in [-0.05, 0) is 37.3 Å². The second-order valence-electron chi connectivity index (χ2n) is 7.72. The number of benzene rings is 3. The van der Waals surface area contributed by atoms with Crippen LogP contribution in [-0.2, 0) is 14.3 Å². The van der Waals surface area contributed by atoms with Gasteiger partial charge in [0, 0.05) is 33.5 Å². The fourth-order valence-electron chi connectivity index (χ4n) is 3.53.